The predicted octanol–water partition coefficient (Wildman–Crippen LogP) is 3.90. The molecule has 1 amide bonds. The zero-order valence-electron chi connectivity index (χ0n) is 12.3. The Morgan fingerprint density at radius 3 is 2.91 bits per heavy atom. The number of thioether (sulfide) groups is 1. The Bertz CT molecular complexity index is 618. The Hall–Kier alpha value is -1.34. The van der Waals surface area contributed by atoms with Gasteiger partial charge in [0.25, 0.3) is 5.22 Å². The molecule has 0 aliphatic heterocycles. The van der Waals surface area contributed by atoms with E-state index >= 15 is 0 Å². The zero-order valence-corrected chi connectivity index (χ0v) is 14.7. The monoisotopic (exact) mass is 383 g/mol. The van der Waals surface area contributed by atoms with Crippen molar-refractivity contribution in [3.05, 3.63) is 28.7 Å². The molecular formula is C15H18BrN3O2S. The first-order chi connectivity index (χ1) is 10.7. The number of amides is 1. The van der Waals surface area contributed by atoms with Crippen LogP contribution >= 0.6 is 27.7 Å². The summed E-state index contributed by atoms with van der Waals surface area (Å²) in [7, 11) is 0. The van der Waals surface area contributed by atoms with Crippen LogP contribution in [0.5, 0.6) is 0 Å². The van der Waals surface area contributed by atoms with Crippen LogP contribution in [0.2, 0.25) is 0 Å². The van der Waals surface area contributed by atoms with Gasteiger partial charge in [0.15, 0.2) is 0 Å². The lowest BCUT2D eigenvalue weighted by atomic mass is 10.2. The minimum Gasteiger partial charge on any atom is -0.411 e. The number of nitrogens with zero attached hydrogens (tertiary/aromatic N) is 2. The largest absolute Gasteiger partial charge is 0.411 e. The Labute approximate surface area is 142 Å². The topological polar surface area (TPSA) is 68.0 Å². The summed E-state index contributed by atoms with van der Waals surface area (Å²) in [5.74, 6) is 0.712. The fraction of sp³-hybridized carbons (Fsp3) is 0.400. The Kier molecular flexibility index (Phi) is 6.92. The number of rotatable bonds is 8. The van der Waals surface area contributed by atoms with Crippen molar-refractivity contribution >= 4 is 33.6 Å². The standard InChI is InChI=1S/C15H18BrN3O2S/c1-2-3-6-9-17-13(20)10-22-15-19-18-14(21-15)11-7-4-5-8-12(11)16/h4-5,7-8H,2-3,6,9-10H2,1H3,(H,17,20). The molecule has 0 unspecified atom stereocenters. The molecule has 0 spiro atoms. The highest BCUT2D eigenvalue weighted by Gasteiger charge is 2.12. The maximum atomic E-state index is 11.7. The van der Waals surface area contributed by atoms with Gasteiger partial charge in [-0.15, -0.1) is 10.2 Å². The predicted molar refractivity (Wildman–Crippen MR) is 90.7 cm³/mol. The van der Waals surface area contributed by atoms with Gasteiger partial charge in [0.2, 0.25) is 11.8 Å². The van der Waals surface area contributed by atoms with Gasteiger partial charge in [-0.3, -0.25) is 4.79 Å². The van der Waals surface area contributed by atoms with Crippen LogP contribution in [0.4, 0.5) is 0 Å². The summed E-state index contributed by atoms with van der Waals surface area (Å²) in [5.41, 5.74) is 0.839. The quantitative estimate of drug-likeness (QED) is 0.552. The van der Waals surface area contributed by atoms with E-state index in [4.69, 9.17) is 4.42 Å². The van der Waals surface area contributed by atoms with Crippen molar-refractivity contribution in [2.45, 2.75) is 31.4 Å². The number of aromatic nitrogens is 2. The van der Waals surface area contributed by atoms with Gasteiger partial charge in [-0.05, 0) is 34.5 Å². The van der Waals surface area contributed by atoms with E-state index in [0.29, 0.717) is 11.1 Å². The summed E-state index contributed by atoms with van der Waals surface area (Å²) in [4.78, 5) is 11.7. The average molecular weight is 384 g/mol. The minimum absolute atomic E-state index is 0.0123. The van der Waals surface area contributed by atoms with Crippen LogP contribution in [-0.2, 0) is 4.79 Å². The molecule has 2 rings (SSSR count). The van der Waals surface area contributed by atoms with E-state index in [9.17, 15) is 4.79 Å². The van der Waals surface area contributed by atoms with Gasteiger partial charge in [-0.25, -0.2) is 0 Å². The molecule has 0 saturated heterocycles. The van der Waals surface area contributed by atoms with Crippen molar-refractivity contribution < 1.29 is 9.21 Å². The lowest BCUT2D eigenvalue weighted by molar-refractivity contribution is -0.118. The van der Waals surface area contributed by atoms with Crippen LogP contribution in [0.3, 0.4) is 0 Å². The maximum absolute atomic E-state index is 11.7. The first-order valence-electron chi connectivity index (χ1n) is 7.18. The SMILES string of the molecule is CCCCCNC(=O)CSc1nnc(-c2ccccc2Br)o1. The summed E-state index contributed by atoms with van der Waals surface area (Å²) in [6.45, 7) is 2.86. The minimum atomic E-state index is -0.0123. The van der Waals surface area contributed by atoms with Gasteiger partial charge >= 0.3 is 0 Å². The van der Waals surface area contributed by atoms with Crippen LogP contribution in [-0.4, -0.2) is 28.4 Å². The molecular weight excluding hydrogens is 366 g/mol. The number of carbonyl (C=O) groups is 1. The Morgan fingerprint density at radius 1 is 1.32 bits per heavy atom. The van der Waals surface area contributed by atoms with Crippen molar-refractivity contribution in [1.29, 1.82) is 0 Å². The molecule has 0 saturated carbocycles. The van der Waals surface area contributed by atoms with E-state index in [-0.39, 0.29) is 11.7 Å². The van der Waals surface area contributed by atoms with Crippen molar-refractivity contribution in [3.63, 3.8) is 0 Å². The fourth-order valence-electron chi connectivity index (χ4n) is 1.79. The van der Waals surface area contributed by atoms with Gasteiger partial charge in [-0.2, -0.15) is 0 Å². The van der Waals surface area contributed by atoms with E-state index in [1.165, 1.54) is 11.8 Å². The zero-order chi connectivity index (χ0) is 15.8. The molecule has 0 fully saturated rings. The van der Waals surface area contributed by atoms with E-state index in [0.717, 1.165) is 35.8 Å². The Morgan fingerprint density at radius 2 is 2.14 bits per heavy atom. The summed E-state index contributed by atoms with van der Waals surface area (Å²) in [6, 6.07) is 7.63. The lowest BCUT2D eigenvalue weighted by Gasteiger charge is -2.02. The number of carbonyl (C=O) groups excluding carboxylic acids is 1. The van der Waals surface area contributed by atoms with Crippen LogP contribution in [0, 0.1) is 0 Å². The summed E-state index contributed by atoms with van der Waals surface area (Å²) in [6.07, 6.45) is 3.29. The second-order valence-corrected chi connectivity index (χ2v) is 6.48. The molecule has 0 bridgehead atoms. The highest BCUT2D eigenvalue weighted by atomic mass is 79.9. The molecule has 5 nitrogen and oxygen atoms in total. The highest BCUT2D eigenvalue weighted by Crippen LogP contribution is 2.28. The first kappa shape index (κ1) is 17.0. The van der Waals surface area contributed by atoms with Gasteiger partial charge in [0.05, 0.1) is 11.3 Å². The van der Waals surface area contributed by atoms with Gasteiger partial charge in [0, 0.05) is 11.0 Å². The number of halogens is 1. The molecule has 1 aromatic carbocycles. The maximum Gasteiger partial charge on any atom is 0.277 e. The molecule has 118 valence electrons. The molecule has 1 aromatic heterocycles. The van der Waals surface area contributed by atoms with Gasteiger partial charge < -0.3 is 9.73 Å². The molecule has 0 atom stereocenters. The molecule has 0 aliphatic carbocycles. The highest BCUT2D eigenvalue weighted by molar-refractivity contribution is 9.10. The second-order valence-electron chi connectivity index (χ2n) is 4.70. The van der Waals surface area contributed by atoms with Gasteiger partial charge in [0.1, 0.15) is 0 Å². The van der Waals surface area contributed by atoms with E-state index in [1.807, 2.05) is 24.3 Å². The fourth-order valence-corrected chi connectivity index (χ4v) is 2.84. The molecule has 1 N–H and O–H groups in total. The van der Waals surface area contributed by atoms with Crippen molar-refractivity contribution in [2.24, 2.45) is 0 Å². The summed E-state index contributed by atoms with van der Waals surface area (Å²) >= 11 is 4.69. The van der Waals surface area contributed by atoms with E-state index in [2.05, 4.69) is 38.4 Å². The average Bonchev–Trinajstić information content (AvgIpc) is 2.99. The van der Waals surface area contributed by atoms with Crippen molar-refractivity contribution in [1.82, 2.24) is 15.5 Å². The molecule has 0 radical (unpaired) electrons. The number of nitrogens with one attached hydrogen (secondary N) is 1. The van der Waals surface area contributed by atoms with E-state index < -0.39 is 0 Å². The van der Waals surface area contributed by atoms with Crippen LogP contribution in [0.15, 0.2) is 38.4 Å². The van der Waals surface area contributed by atoms with Crippen LogP contribution in [0.25, 0.3) is 11.5 Å². The van der Waals surface area contributed by atoms with Gasteiger partial charge in [-0.1, -0.05) is 43.7 Å². The summed E-state index contributed by atoms with van der Waals surface area (Å²) in [5, 5.41) is 11.2. The first-order valence-corrected chi connectivity index (χ1v) is 8.96. The smallest absolute Gasteiger partial charge is 0.277 e. The number of unbranched alkanes of at least 4 members (excludes halogenated alkanes) is 2. The number of benzene rings is 1. The van der Waals surface area contributed by atoms with Crippen LogP contribution in [0.1, 0.15) is 26.2 Å². The third-order valence-corrected chi connectivity index (χ3v) is 4.45. The third kappa shape index (κ3) is 5.14. The number of hydrogen-bond donors (Lipinski definition) is 1. The molecule has 0 aliphatic rings. The Balaban J connectivity index is 1.83. The lowest BCUT2D eigenvalue weighted by Crippen LogP contribution is -2.26. The molecule has 1 heterocycles. The molecule has 2 aromatic rings. The number of hydrogen-bond acceptors (Lipinski definition) is 5. The van der Waals surface area contributed by atoms with Crippen molar-refractivity contribution in [2.75, 3.05) is 12.3 Å². The third-order valence-electron chi connectivity index (χ3n) is 2.94. The second kappa shape index (κ2) is 8.95. The van der Waals surface area contributed by atoms with E-state index in [1.54, 1.807) is 0 Å². The molecule has 7 heteroatoms. The van der Waals surface area contributed by atoms with Crippen LogP contribution < -0.4 is 5.32 Å². The summed E-state index contributed by atoms with van der Waals surface area (Å²) < 4.78 is 6.47. The van der Waals surface area contributed by atoms with Crippen molar-refractivity contribution in [3.8, 4) is 11.5 Å². The normalized spacial score (nSPS) is 10.6. The molecule has 22 heavy (non-hydrogen) atoms.